The number of hydrogen-bond donors (Lipinski definition) is 2. The fourth-order valence-corrected chi connectivity index (χ4v) is 1.84. The Hall–Kier alpha value is -1.17. The number of hydrazine groups is 1. The lowest BCUT2D eigenvalue weighted by molar-refractivity contribution is 0.0604. The average Bonchev–Trinajstić information content (AvgIpc) is 2.38. The first-order valence-corrected chi connectivity index (χ1v) is 5.74. The molecule has 5 nitrogen and oxygen atoms in total. The van der Waals surface area contributed by atoms with Gasteiger partial charge in [0.2, 0.25) is 0 Å². The maximum absolute atomic E-state index is 5.60. The second kappa shape index (κ2) is 7.21. The second-order valence-corrected chi connectivity index (χ2v) is 3.87. The number of ether oxygens (including phenoxy) is 2. The van der Waals surface area contributed by atoms with Gasteiger partial charge in [-0.1, -0.05) is 13.3 Å². The van der Waals surface area contributed by atoms with Crippen molar-refractivity contribution in [1.29, 1.82) is 0 Å². The van der Waals surface area contributed by atoms with Gasteiger partial charge in [-0.05, 0) is 18.1 Å². The first-order chi connectivity index (χ1) is 8.26. The molecule has 1 rings (SSSR count). The summed E-state index contributed by atoms with van der Waals surface area (Å²) in [5, 5.41) is 0. The van der Waals surface area contributed by atoms with Crippen LogP contribution in [0.3, 0.4) is 0 Å². The summed E-state index contributed by atoms with van der Waals surface area (Å²) in [5.41, 5.74) is 3.75. The van der Waals surface area contributed by atoms with Gasteiger partial charge in [-0.15, -0.1) is 0 Å². The Balaban J connectivity index is 2.90. The third-order valence-corrected chi connectivity index (χ3v) is 2.76. The zero-order valence-electron chi connectivity index (χ0n) is 10.6. The van der Waals surface area contributed by atoms with Crippen molar-refractivity contribution in [1.82, 2.24) is 10.4 Å². The lowest BCUT2D eigenvalue weighted by Gasteiger charge is -2.25. The zero-order valence-corrected chi connectivity index (χ0v) is 10.6. The van der Waals surface area contributed by atoms with E-state index in [0.29, 0.717) is 5.75 Å². The van der Waals surface area contributed by atoms with Gasteiger partial charge in [0.25, 0.3) is 0 Å². The molecule has 0 spiro atoms. The molecule has 0 saturated heterocycles. The van der Waals surface area contributed by atoms with E-state index in [9.17, 15) is 0 Å². The number of rotatable bonds is 7. The summed E-state index contributed by atoms with van der Waals surface area (Å²) < 4.78 is 10.6. The Kier molecular flexibility index (Phi) is 5.90. The molecule has 3 N–H and O–H groups in total. The van der Waals surface area contributed by atoms with Crippen molar-refractivity contribution >= 4 is 0 Å². The monoisotopic (exact) mass is 239 g/mol. The zero-order chi connectivity index (χ0) is 12.7. The maximum atomic E-state index is 5.60. The van der Waals surface area contributed by atoms with Gasteiger partial charge in [0.05, 0.1) is 25.5 Å². The van der Waals surface area contributed by atoms with Crippen molar-refractivity contribution in [2.75, 3.05) is 14.2 Å². The number of pyridine rings is 1. The van der Waals surface area contributed by atoms with E-state index in [4.69, 9.17) is 15.3 Å². The van der Waals surface area contributed by atoms with Crippen LogP contribution in [0.5, 0.6) is 5.75 Å². The van der Waals surface area contributed by atoms with Gasteiger partial charge in [-0.25, -0.2) is 0 Å². The quantitative estimate of drug-likeness (QED) is 0.556. The van der Waals surface area contributed by atoms with Crippen LogP contribution in [0.15, 0.2) is 18.5 Å². The van der Waals surface area contributed by atoms with Crippen LogP contribution in [0.1, 0.15) is 31.4 Å². The first kappa shape index (κ1) is 13.9. The summed E-state index contributed by atoms with van der Waals surface area (Å²) in [6.07, 6.45) is 5.43. The predicted molar refractivity (Wildman–Crippen MR) is 66.6 cm³/mol. The van der Waals surface area contributed by atoms with E-state index < -0.39 is 0 Å². The average molecular weight is 239 g/mol. The number of aromatic nitrogens is 1. The first-order valence-electron chi connectivity index (χ1n) is 5.74. The predicted octanol–water partition coefficient (Wildman–Crippen LogP) is 1.41. The van der Waals surface area contributed by atoms with E-state index in [1.807, 2.05) is 6.07 Å². The summed E-state index contributed by atoms with van der Waals surface area (Å²) in [5.74, 6) is 6.32. The van der Waals surface area contributed by atoms with Gasteiger partial charge in [-0.3, -0.25) is 16.3 Å². The third-order valence-electron chi connectivity index (χ3n) is 2.76. The lowest BCUT2D eigenvalue weighted by Crippen LogP contribution is -2.37. The van der Waals surface area contributed by atoms with Gasteiger partial charge in [0, 0.05) is 13.3 Å². The molecule has 2 atom stereocenters. The number of nitrogens with zero attached hydrogens (tertiary/aromatic N) is 1. The molecule has 0 saturated carbocycles. The van der Waals surface area contributed by atoms with Crippen LogP contribution in [-0.2, 0) is 4.74 Å². The summed E-state index contributed by atoms with van der Waals surface area (Å²) in [6, 6.07) is 1.83. The van der Waals surface area contributed by atoms with E-state index in [1.54, 1.807) is 26.6 Å². The van der Waals surface area contributed by atoms with E-state index in [1.165, 1.54) is 0 Å². The molecule has 17 heavy (non-hydrogen) atoms. The highest BCUT2D eigenvalue weighted by Crippen LogP contribution is 2.23. The second-order valence-electron chi connectivity index (χ2n) is 3.87. The Morgan fingerprint density at radius 3 is 2.71 bits per heavy atom. The minimum atomic E-state index is -0.0810. The molecule has 1 heterocycles. The standard InChI is InChI=1S/C12H21N3O2/c1-4-5-11(17-3)12(15-13)9-6-10(16-2)8-14-7-9/h6-8,11-12,15H,4-5,13H2,1-3H3. The fraction of sp³-hybridized carbons (Fsp3) is 0.583. The van der Waals surface area contributed by atoms with E-state index >= 15 is 0 Å². The molecule has 96 valence electrons. The van der Waals surface area contributed by atoms with Crippen LogP contribution in [-0.4, -0.2) is 25.3 Å². The molecular weight excluding hydrogens is 218 g/mol. The van der Waals surface area contributed by atoms with Gasteiger partial charge in [0.1, 0.15) is 5.75 Å². The molecule has 1 aromatic heterocycles. The Morgan fingerprint density at radius 1 is 1.41 bits per heavy atom. The van der Waals surface area contributed by atoms with Crippen molar-refractivity contribution in [2.45, 2.75) is 31.9 Å². The van der Waals surface area contributed by atoms with Crippen LogP contribution >= 0.6 is 0 Å². The number of nitrogens with two attached hydrogens (primary N) is 1. The van der Waals surface area contributed by atoms with Gasteiger partial charge in [-0.2, -0.15) is 0 Å². The van der Waals surface area contributed by atoms with E-state index in [-0.39, 0.29) is 12.1 Å². The van der Waals surface area contributed by atoms with E-state index in [2.05, 4.69) is 17.3 Å². The molecule has 0 aliphatic rings. The van der Waals surface area contributed by atoms with Crippen molar-refractivity contribution in [3.8, 4) is 5.75 Å². The number of methoxy groups -OCH3 is 2. The molecule has 0 fully saturated rings. The maximum Gasteiger partial charge on any atom is 0.137 e. The van der Waals surface area contributed by atoms with Crippen molar-refractivity contribution in [3.05, 3.63) is 24.0 Å². The molecular formula is C12H21N3O2. The highest BCUT2D eigenvalue weighted by atomic mass is 16.5. The Morgan fingerprint density at radius 2 is 2.18 bits per heavy atom. The molecule has 5 heteroatoms. The summed E-state index contributed by atoms with van der Waals surface area (Å²) in [4.78, 5) is 4.13. The normalized spacial score (nSPS) is 14.4. The van der Waals surface area contributed by atoms with Crippen LogP contribution < -0.4 is 16.0 Å². The molecule has 1 aromatic rings. The highest BCUT2D eigenvalue weighted by Gasteiger charge is 2.21. The number of hydrogen-bond acceptors (Lipinski definition) is 5. The molecule has 2 unspecified atom stereocenters. The van der Waals surface area contributed by atoms with Crippen LogP contribution in [0.25, 0.3) is 0 Å². The van der Waals surface area contributed by atoms with Crippen molar-refractivity contribution < 1.29 is 9.47 Å². The van der Waals surface area contributed by atoms with E-state index in [0.717, 1.165) is 18.4 Å². The molecule has 0 bridgehead atoms. The third kappa shape index (κ3) is 3.66. The van der Waals surface area contributed by atoms with Gasteiger partial charge < -0.3 is 9.47 Å². The SMILES string of the molecule is CCCC(OC)C(NN)c1cncc(OC)c1. The minimum absolute atomic E-state index is 0.0268. The van der Waals surface area contributed by atoms with Crippen LogP contribution in [0.4, 0.5) is 0 Å². The molecule has 0 radical (unpaired) electrons. The summed E-state index contributed by atoms with van der Waals surface area (Å²) in [7, 11) is 3.31. The van der Waals surface area contributed by atoms with Crippen molar-refractivity contribution in [3.63, 3.8) is 0 Å². The van der Waals surface area contributed by atoms with Crippen LogP contribution in [0, 0.1) is 0 Å². The smallest absolute Gasteiger partial charge is 0.137 e. The van der Waals surface area contributed by atoms with Gasteiger partial charge >= 0.3 is 0 Å². The fourth-order valence-electron chi connectivity index (χ4n) is 1.84. The summed E-state index contributed by atoms with van der Waals surface area (Å²) >= 11 is 0. The molecule has 0 amide bonds. The molecule has 0 aliphatic carbocycles. The van der Waals surface area contributed by atoms with Crippen LogP contribution in [0.2, 0.25) is 0 Å². The number of nitrogens with one attached hydrogen (secondary N) is 1. The van der Waals surface area contributed by atoms with Crippen molar-refractivity contribution in [2.24, 2.45) is 5.84 Å². The lowest BCUT2D eigenvalue weighted by atomic mass is 10.00. The minimum Gasteiger partial charge on any atom is -0.495 e. The topological polar surface area (TPSA) is 69.4 Å². The highest BCUT2D eigenvalue weighted by molar-refractivity contribution is 5.26. The molecule has 0 aromatic carbocycles. The summed E-state index contributed by atoms with van der Waals surface area (Å²) in [6.45, 7) is 2.11. The molecule has 0 aliphatic heterocycles. The Bertz CT molecular complexity index is 333. The van der Waals surface area contributed by atoms with Gasteiger partial charge in [0.15, 0.2) is 0 Å². The largest absolute Gasteiger partial charge is 0.495 e. The Labute approximate surface area is 102 Å².